The number of H-pyrrole nitrogens is 1. The zero-order chi connectivity index (χ0) is 82.9. The molecule has 1 aromatic heterocycles. The normalized spacial score (nSPS) is 21.4. The molecule has 2 aromatic carbocycles. The molecule has 12 atom stereocenters. The Morgan fingerprint density at radius 1 is 0.717 bits per heavy atom. The number of aromatic nitrogens is 1. The molecule has 4 aliphatic heterocycles. The molecule has 1 unspecified atom stereocenters. The SMILES string of the molecule is CC[C@H](C)[C@@H]1NC(=O)CNC(=O)[C@@H]2Cc3c([nH]c4ccccc34)SC[C@@H](NC(=O)CNC1=O)C(=O)N[C@@H](CC(N)=O)C(=O)N1C[C@H](OC(=O)N(C)CCN(C)C(=O)OCc3ccc(NC(=O)[C@H](CCCNC(N)=O)NC(=O)[C@@H](NC(=O)CCCCCN4C(=O)C=CC4=O)C(C)C)cc3)CC1C(=O)N[C@@H]([C@@H](C)[C@@H](O)CO)C(=O)N2. The lowest BCUT2D eigenvalue weighted by molar-refractivity contribution is -0.144. The van der Waals surface area contributed by atoms with E-state index in [0.717, 1.165) is 31.4 Å². The molecule has 0 radical (unpaired) electrons. The van der Waals surface area contributed by atoms with Crippen LogP contribution in [0.25, 0.3) is 10.9 Å². The van der Waals surface area contributed by atoms with Crippen molar-refractivity contribution in [1.29, 1.82) is 0 Å². The molecule has 0 aliphatic carbocycles. The largest absolute Gasteiger partial charge is 0.445 e. The highest BCUT2D eigenvalue weighted by Crippen LogP contribution is 2.33. The fourth-order valence-electron chi connectivity index (χ4n) is 12.7. The lowest BCUT2D eigenvalue weighted by Gasteiger charge is -2.32. The summed E-state index contributed by atoms with van der Waals surface area (Å²) in [6.07, 6.45) is -2.31. The standard InChI is InChI=1S/C73H102N18O21S/c1-8-39(4)60-66(104)78-32-55(96)80-50-37-113-69-45(44-15-11-12-16-46(44)84-69)30-48(62(100)77-33-56(97)86-60)82-68(106)61(40(5)52(93)35-92)87-65(103)51-29-43(34-91(51)70(107)49(31-53(74)94)83-64(50)102)112-73(110)89(7)28-27-88(6)72(109)111-36-41-19-21-42(22-20-41)79-63(101)47(17-14-25-76-71(75)108)81-67(105)59(38(2)3)85-54(95)18-10-9-13-26-90-57(98)23-24-58(90)99/h11-12,15-16,19-24,38-40,43,47-52,59-61,84,92-93H,8-10,13-14,17-18,25-37H2,1-7H3,(H2,74,94)(H,77,100)(H,78,104)(H,79,101)(H,80,96)(H,81,105)(H,82,106)(H,83,102)(H,85,95)(H,86,97)(H,87,103)(H3,75,76,108)/t39-,40-,43+,47-,48-,49-,50+,51?,52-,59-,60-,61-/m0/s1. The fourth-order valence-corrected chi connectivity index (χ4v) is 13.8. The molecule has 18 amide bonds. The van der Waals surface area contributed by atoms with E-state index in [1.807, 2.05) is 0 Å². The van der Waals surface area contributed by atoms with Gasteiger partial charge in [-0.15, -0.1) is 11.8 Å². The molecule has 7 rings (SSSR count). The number of ether oxygens (including phenoxy) is 2. The Labute approximate surface area is 655 Å². The van der Waals surface area contributed by atoms with Crippen LogP contribution in [-0.2, 0) is 89.6 Å². The molecule has 40 heteroatoms. The molecule has 3 aromatic rings. The predicted molar refractivity (Wildman–Crippen MR) is 405 cm³/mol. The van der Waals surface area contributed by atoms with Gasteiger partial charge < -0.3 is 109 Å². The monoisotopic (exact) mass is 1600 g/mol. The number of imide groups is 1. The van der Waals surface area contributed by atoms with Gasteiger partial charge in [-0.3, -0.25) is 72.0 Å². The second-order valence-electron chi connectivity index (χ2n) is 28.5. The van der Waals surface area contributed by atoms with Gasteiger partial charge in [-0.1, -0.05) is 77.8 Å². The van der Waals surface area contributed by atoms with E-state index in [1.165, 1.54) is 45.3 Å². The third kappa shape index (κ3) is 25.8. The Morgan fingerprint density at radius 2 is 1.38 bits per heavy atom. The highest BCUT2D eigenvalue weighted by Gasteiger charge is 2.47. The topological polar surface area (TPSA) is 562 Å². The van der Waals surface area contributed by atoms with Crippen LogP contribution in [0.4, 0.5) is 20.1 Å². The number of anilines is 1. The number of nitrogens with one attached hydrogen (secondary N) is 12. The van der Waals surface area contributed by atoms with Gasteiger partial charge in [0.2, 0.25) is 70.9 Å². The number of primary amides is 2. The van der Waals surface area contributed by atoms with E-state index >= 15 is 9.59 Å². The minimum absolute atomic E-state index is 0.0366. The van der Waals surface area contributed by atoms with Gasteiger partial charge >= 0.3 is 18.2 Å². The second kappa shape index (κ2) is 42.3. The van der Waals surface area contributed by atoms with Gasteiger partial charge in [-0.05, 0) is 66.8 Å². The third-order valence-corrected chi connectivity index (χ3v) is 20.7. The molecule has 4 aliphatic rings. The van der Waals surface area contributed by atoms with Crippen LogP contribution in [0.1, 0.15) is 104 Å². The van der Waals surface area contributed by atoms with E-state index in [9.17, 15) is 82.1 Å². The number of urea groups is 1. The van der Waals surface area contributed by atoms with Gasteiger partial charge in [-0.25, -0.2) is 14.4 Å². The van der Waals surface area contributed by atoms with Crippen LogP contribution in [0.5, 0.6) is 0 Å². The fraction of sp³-hybridized carbons (Fsp3) is 0.548. The van der Waals surface area contributed by atoms with Crippen molar-refractivity contribution in [3.8, 4) is 0 Å². The molecule has 616 valence electrons. The van der Waals surface area contributed by atoms with Crippen molar-refractivity contribution in [1.82, 2.24) is 77.8 Å². The third-order valence-electron chi connectivity index (χ3n) is 19.6. The molecule has 1 fully saturated rings. The first-order chi connectivity index (χ1) is 53.7. The van der Waals surface area contributed by atoms with Crippen LogP contribution < -0.4 is 70.0 Å². The number of unbranched alkanes of at least 4 members (excludes halogenated alkanes) is 2. The summed E-state index contributed by atoms with van der Waals surface area (Å²) in [4.78, 5) is 239. The number of carbonyl (C=O) groups excluding carboxylic acids is 17. The summed E-state index contributed by atoms with van der Waals surface area (Å²) in [5.41, 5.74) is 12.6. The van der Waals surface area contributed by atoms with E-state index < -0.39 is 218 Å². The first kappa shape index (κ1) is 88.8. The van der Waals surface area contributed by atoms with E-state index in [2.05, 4.69) is 63.5 Å². The van der Waals surface area contributed by atoms with Crippen LogP contribution in [0.3, 0.4) is 0 Å². The first-order valence-electron chi connectivity index (χ1n) is 37.2. The van der Waals surface area contributed by atoms with E-state index in [1.54, 1.807) is 64.1 Å². The number of aliphatic hydroxyl groups excluding tert-OH is 2. The van der Waals surface area contributed by atoms with Crippen LogP contribution in [0.15, 0.2) is 65.7 Å². The molecule has 39 nitrogen and oxygen atoms in total. The number of nitrogens with zero attached hydrogens (tertiary/aromatic N) is 4. The number of amides is 18. The minimum Gasteiger partial charge on any atom is -0.445 e. The molecule has 1 saturated heterocycles. The lowest BCUT2D eigenvalue weighted by atomic mass is 9.93. The average Bonchev–Trinajstić information content (AvgIpc) is 1.66. The van der Waals surface area contributed by atoms with Gasteiger partial charge in [0.25, 0.3) is 11.8 Å². The number of hydrogen-bond acceptors (Lipinski definition) is 22. The van der Waals surface area contributed by atoms with Gasteiger partial charge in [0.05, 0.1) is 43.8 Å². The average molecular weight is 1600 g/mol. The van der Waals surface area contributed by atoms with Crippen molar-refractivity contribution in [3.05, 3.63) is 71.8 Å². The van der Waals surface area contributed by atoms with Gasteiger partial charge in [0.1, 0.15) is 61.0 Å². The number of aliphatic hydroxyl groups is 2. The van der Waals surface area contributed by atoms with E-state index in [0.29, 0.717) is 52.7 Å². The molecular formula is C73H102N18O21S. The smallest absolute Gasteiger partial charge is 0.409 e. The number of benzene rings is 2. The van der Waals surface area contributed by atoms with Crippen molar-refractivity contribution < 1.29 is 101 Å². The number of fused-ring (bicyclic) bond motifs is 5. The number of hydrogen-bond donors (Lipinski definition) is 16. The maximum absolute atomic E-state index is 15.1. The Balaban J connectivity index is 1.03. The maximum Gasteiger partial charge on any atom is 0.409 e. The quantitative estimate of drug-likeness (QED) is 0.0247. The summed E-state index contributed by atoms with van der Waals surface area (Å²) in [7, 11) is 2.69. The highest BCUT2D eigenvalue weighted by atomic mass is 32.2. The Morgan fingerprint density at radius 3 is 2.04 bits per heavy atom. The van der Waals surface area contributed by atoms with Crippen LogP contribution in [0, 0.1) is 17.8 Å². The van der Waals surface area contributed by atoms with Crippen molar-refractivity contribution >= 4 is 129 Å². The Hall–Kier alpha value is -11.4. The predicted octanol–water partition coefficient (Wildman–Crippen LogP) is -2.80. The number of para-hydroxylation sites is 1. The van der Waals surface area contributed by atoms with Crippen LogP contribution in [-0.4, -0.2) is 269 Å². The summed E-state index contributed by atoms with van der Waals surface area (Å²) in [6.45, 7) is 4.75. The number of thioether (sulfide) groups is 1. The summed E-state index contributed by atoms with van der Waals surface area (Å²) in [5.74, 6) is -14.3. The number of carbonyl (C=O) groups is 17. The number of nitrogens with two attached hydrogens (primary N) is 2. The molecule has 5 heterocycles. The van der Waals surface area contributed by atoms with Crippen molar-refractivity contribution in [3.63, 3.8) is 0 Å². The van der Waals surface area contributed by atoms with E-state index in [4.69, 9.17) is 20.9 Å². The molecule has 0 saturated carbocycles. The van der Waals surface area contributed by atoms with Gasteiger partial charge in [0.15, 0.2) is 0 Å². The van der Waals surface area contributed by atoms with Crippen LogP contribution >= 0.6 is 11.8 Å². The summed E-state index contributed by atoms with van der Waals surface area (Å²) in [6, 6.07) is -0.0297. The Kier molecular flexibility index (Phi) is 33.2. The lowest BCUT2D eigenvalue weighted by Crippen LogP contribution is -2.62. The van der Waals surface area contributed by atoms with Gasteiger partial charge in [-0.2, -0.15) is 0 Å². The van der Waals surface area contributed by atoms with Crippen molar-refractivity contribution in [2.24, 2.45) is 29.2 Å². The molecule has 18 N–H and O–H groups in total. The number of rotatable bonds is 29. The zero-order valence-electron chi connectivity index (χ0n) is 63.9. The van der Waals surface area contributed by atoms with Crippen molar-refractivity contribution in [2.75, 3.05) is 77.6 Å². The van der Waals surface area contributed by atoms with Crippen molar-refractivity contribution in [2.45, 2.75) is 171 Å². The zero-order valence-corrected chi connectivity index (χ0v) is 64.7. The second-order valence-corrected chi connectivity index (χ2v) is 29.5. The minimum atomic E-state index is -1.91. The molecule has 0 spiro atoms. The number of likely N-dealkylation sites (N-methyl/N-ethyl adjacent to an activating group) is 2. The van der Waals surface area contributed by atoms with Gasteiger partial charge in [0, 0.05) is 99.9 Å². The van der Waals surface area contributed by atoms with Crippen LogP contribution in [0.2, 0.25) is 0 Å². The molecule has 2 bridgehead atoms. The summed E-state index contributed by atoms with van der Waals surface area (Å²) >= 11 is 0.965. The maximum atomic E-state index is 15.1. The first-order valence-corrected chi connectivity index (χ1v) is 38.2. The number of aromatic amines is 1. The highest BCUT2D eigenvalue weighted by molar-refractivity contribution is 7.99. The van der Waals surface area contributed by atoms with E-state index in [-0.39, 0.29) is 69.9 Å². The Bertz CT molecular complexity index is 4030. The molecular weight excluding hydrogens is 1500 g/mol. The summed E-state index contributed by atoms with van der Waals surface area (Å²) in [5, 5.41) is 50.6. The summed E-state index contributed by atoms with van der Waals surface area (Å²) < 4.78 is 11.4. The molecule has 113 heavy (non-hydrogen) atoms.